The lowest BCUT2D eigenvalue weighted by Gasteiger charge is -2.26. The Labute approximate surface area is 150 Å². The minimum absolute atomic E-state index is 0.824. The largest absolute Gasteiger partial charge is 0.494 e. The molecule has 1 fully saturated rings. The number of rotatable bonds is 6. The predicted molar refractivity (Wildman–Crippen MR) is 94.4 cm³/mol. The predicted octanol–water partition coefficient (Wildman–Crippen LogP) is 3.25. The van der Waals surface area contributed by atoms with Crippen LogP contribution < -0.4 is 4.74 Å². The van der Waals surface area contributed by atoms with Crippen LogP contribution in [0.3, 0.4) is 0 Å². The van der Waals surface area contributed by atoms with Crippen LogP contribution in [-0.4, -0.2) is 53.3 Å². The van der Waals surface area contributed by atoms with E-state index in [0.717, 1.165) is 23.2 Å². The van der Waals surface area contributed by atoms with Crippen molar-refractivity contribution in [3.63, 3.8) is 0 Å². The SMILES string of the molecule is Brc1cccc(OCCCCN2CCCCC2)c1.O=C(O)C(=O)O. The van der Waals surface area contributed by atoms with E-state index in [2.05, 4.69) is 20.8 Å². The van der Waals surface area contributed by atoms with E-state index in [1.807, 2.05) is 24.3 Å². The molecule has 0 aromatic heterocycles. The Kier molecular flexibility index (Phi) is 10.1. The van der Waals surface area contributed by atoms with Gasteiger partial charge in [0.2, 0.25) is 0 Å². The van der Waals surface area contributed by atoms with Gasteiger partial charge in [-0.1, -0.05) is 28.4 Å². The summed E-state index contributed by atoms with van der Waals surface area (Å²) in [5.74, 6) is -2.69. The number of likely N-dealkylation sites (tertiary alicyclic amines) is 1. The number of piperidine rings is 1. The topological polar surface area (TPSA) is 87.1 Å². The van der Waals surface area contributed by atoms with Gasteiger partial charge in [-0.25, -0.2) is 9.59 Å². The van der Waals surface area contributed by atoms with Gasteiger partial charge in [0.05, 0.1) is 6.61 Å². The number of nitrogens with zero attached hydrogens (tertiary/aromatic N) is 1. The molecule has 24 heavy (non-hydrogen) atoms. The minimum atomic E-state index is -1.82. The third-order valence-corrected chi connectivity index (χ3v) is 4.06. The van der Waals surface area contributed by atoms with Gasteiger partial charge in [-0.2, -0.15) is 0 Å². The highest BCUT2D eigenvalue weighted by molar-refractivity contribution is 9.10. The van der Waals surface area contributed by atoms with Gasteiger partial charge in [-0.3, -0.25) is 0 Å². The van der Waals surface area contributed by atoms with E-state index in [1.54, 1.807) is 0 Å². The smallest absolute Gasteiger partial charge is 0.414 e. The summed E-state index contributed by atoms with van der Waals surface area (Å²) in [7, 11) is 0. The molecule has 1 aromatic rings. The minimum Gasteiger partial charge on any atom is -0.494 e. The average molecular weight is 402 g/mol. The zero-order valence-electron chi connectivity index (χ0n) is 13.6. The zero-order chi connectivity index (χ0) is 17.8. The number of carbonyl (C=O) groups is 2. The van der Waals surface area contributed by atoms with Crippen LogP contribution in [0.4, 0.5) is 0 Å². The van der Waals surface area contributed by atoms with Gasteiger partial charge >= 0.3 is 11.9 Å². The number of unbranched alkanes of at least 4 members (excludes halogenated alkanes) is 1. The molecule has 1 aliphatic rings. The lowest BCUT2D eigenvalue weighted by molar-refractivity contribution is -0.159. The fraction of sp³-hybridized carbons (Fsp3) is 0.529. The van der Waals surface area contributed by atoms with Crippen molar-refractivity contribution in [2.24, 2.45) is 0 Å². The highest BCUT2D eigenvalue weighted by Crippen LogP contribution is 2.18. The van der Waals surface area contributed by atoms with Crippen LogP contribution in [0.15, 0.2) is 28.7 Å². The van der Waals surface area contributed by atoms with Crippen LogP contribution >= 0.6 is 15.9 Å². The van der Waals surface area contributed by atoms with Crippen molar-refractivity contribution in [3.05, 3.63) is 28.7 Å². The fourth-order valence-corrected chi connectivity index (χ4v) is 2.75. The summed E-state index contributed by atoms with van der Waals surface area (Å²) >= 11 is 3.45. The molecular formula is C17H24BrNO5. The van der Waals surface area contributed by atoms with Crippen LogP contribution in [0, 0.1) is 0 Å². The van der Waals surface area contributed by atoms with Gasteiger partial charge in [0.25, 0.3) is 0 Å². The Bertz CT molecular complexity index is 505. The molecule has 2 rings (SSSR count). The molecule has 0 saturated carbocycles. The van der Waals surface area contributed by atoms with Gasteiger partial charge in [0, 0.05) is 4.47 Å². The summed E-state index contributed by atoms with van der Waals surface area (Å²) in [4.78, 5) is 20.8. The molecule has 0 radical (unpaired) electrons. The summed E-state index contributed by atoms with van der Waals surface area (Å²) in [5.41, 5.74) is 0. The lowest BCUT2D eigenvalue weighted by Crippen LogP contribution is -2.30. The molecule has 6 nitrogen and oxygen atoms in total. The van der Waals surface area contributed by atoms with E-state index in [9.17, 15) is 0 Å². The summed E-state index contributed by atoms with van der Waals surface area (Å²) in [6, 6.07) is 8.05. The van der Waals surface area contributed by atoms with Crippen LogP contribution in [0.1, 0.15) is 32.1 Å². The van der Waals surface area contributed by atoms with E-state index in [4.69, 9.17) is 24.5 Å². The number of aliphatic carboxylic acids is 2. The highest BCUT2D eigenvalue weighted by atomic mass is 79.9. The summed E-state index contributed by atoms with van der Waals surface area (Å²) < 4.78 is 6.80. The first kappa shape index (κ1) is 20.4. The molecule has 7 heteroatoms. The normalized spacial score (nSPS) is 14.4. The van der Waals surface area contributed by atoms with Crippen LogP contribution in [-0.2, 0) is 9.59 Å². The zero-order valence-corrected chi connectivity index (χ0v) is 15.2. The van der Waals surface area contributed by atoms with Crippen LogP contribution in [0.5, 0.6) is 5.75 Å². The molecule has 0 bridgehead atoms. The van der Waals surface area contributed by atoms with Crippen molar-refractivity contribution in [1.29, 1.82) is 0 Å². The van der Waals surface area contributed by atoms with E-state index < -0.39 is 11.9 Å². The maximum atomic E-state index is 9.10. The quantitative estimate of drug-likeness (QED) is 0.561. The highest BCUT2D eigenvalue weighted by Gasteiger charge is 2.08. The Morgan fingerprint density at radius 2 is 1.75 bits per heavy atom. The molecule has 0 unspecified atom stereocenters. The molecule has 1 aliphatic heterocycles. The number of ether oxygens (including phenoxy) is 1. The molecule has 0 aliphatic carbocycles. The first-order valence-electron chi connectivity index (χ1n) is 8.06. The molecule has 134 valence electrons. The van der Waals surface area contributed by atoms with E-state index in [0.29, 0.717) is 0 Å². The molecule has 1 aromatic carbocycles. The van der Waals surface area contributed by atoms with Gasteiger partial charge in [-0.15, -0.1) is 0 Å². The van der Waals surface area contributed by atoms with Crippen molar-refractivity contribution in [2.75, 3.05) is 26.2 Å². The molecule has 1 saturated heterocycles. The van der Waals surface area contributed by atoms with Gasteiger partial charge in [0.1, 0.15) is 5.75 Å². The summed E-state index contributed by atoms with van der Waals surface area (Å²) in [5, 5.41) is 14.8. The summed E-state index contributed by atoms with van der Waals surface area (Å²) in [6.45, 7) is 4.66. The molecule has 0 amide bonds. The summed E-state index contributed by atoms with van der Waals surface area (Å²) in [6.07, 6.45) is 6.57. The van der Waals surface area contributed by atoms with Crippen molar-refractivity contribution >= 4 is 27.9 Å². The molecular weight excluding hydrogens is 378 g/mol. The fourth-order valence-electron chi connectivity index (χ4n) is 2.37. The van der Waals surface area contributed by atoms with Gasteiger partial charge < -0.3 is 19.8 Å². The average Bonchev–Trinajstić information content (AvgIpc) is 2.56. The molecule has 0 atom stereocenters. The molecule has 0 spiro atoms. The number of carboxylic acids is 2. The Morgan fingerprint density at radius 3 is 2.33 bits per heavy atom. The monoisotopic (exact) mass is 401 g/mol. The Balaban J connectivity index is 0.000000413. The van der Waals surface area contributed by atoms with Crippen molar-refractivity contribution in [2.45, 2.75) is 32.1 Å². The molecule has 1 heterocycles. The second-order valence-corrected chi connectivity index (χ2v) is 6.44. The van der Waals surface area contributed by atoms with Crippen molar-refractivity contribution in [1.82, 2.24) is 4.90 Å². The Morgan fingerprint density at radius 1 is 1.08 bits per heavy atom. The second kappa shape index (κ2) is 11.9. The number of halogens is 1. The maximum absolute atomic E-state index is 9.10. The second-order valence-electron chi connectivity index (χ2n) is 5.53. The standard InChI is InChI=1S/C15H22BrNO.C2H2O4/c16-14-7-6-8-15(13-14)18-12-5-4-11-17-9-2-1-3-10-17;3-1(4)2(5)6/h6-8,13H,1-5,9-12H2;(H,3,4)(H,5,6). The van der Waals surface area contributed by atoms with Gasteiger partial charge in [0.15, 0.2) is 0 Å². The van der Waals surface area contributed by atoms with E-state index >= 15 is 0 Å². The number of carboxylic acid groups (broad SMARTS) is 2. The Hall–Kier alpha value is -1.60. The third-order valence-electron chi connectivity index (χ3n) is 3.57. The first-order valence-corrected chi connectivity index (χ1v) is 8.85. The van der Waals surface area contributed by atoms with E-state index in [-0.39, 0.29) is 0 Å². The van der Waals surface area contributed by atoms with Gasteiger partial charge in [-0.05, 0) is 63.5 Å². The first-order chi connectivity index (χ1) is 11.5. The number of hydrogen-bond donors (Lipinski definition) is 2. The number of hydrogen-bond acceptors (Lipinski definition) is 4. The van der Waals surface area contributed by atoms with E-state index in [1.165, 1.54) is 45.3 Å². The lowest BCUT2D eigenvalue weighted by atomic mass is 10.1. The molecule has 2 N–H and O–H groups in total. The van der Waals surface area contributed by atoms with Crippen LogP contribution in [0.25, 0.3) is 0 Å². The maximum Gasteiger partial charge on any atom is 0.414 e. The van der Waals surface area contributed by atoms with Crippen molar-refractivity contribution in [3.8, 4) is 5.75 Å². The van der Waals surface area contributed by atoms with Crippen molar-refractivity contribution < 1.29 is 24.5 Å². The third kappa shape index (κ3) is 9.52. The van der Waals surface area contributed by atoms with Crippen LogP contribution in [0.2, 0.25) is 0 Å². The number of benzene rings is 1.